The molecule has 0 saturated carbocycles. The molecule has 0 aromatic heterocycles. The van der Waals surface area contributed by atoms with Gasteiger partial charge < -0.3 is 0 Å². The normalized spacial score (nSPS) is 9.21. The van der Waals surface area contributed by atoms with Crippen molar-refractivity contribution in [1.82, 2.24) is 0 Å². The maximum atomic E-state index is 9.87. The highest BCUT2D eigenvalue weighted by Crippen LogP contribution is 2.13. The van der Waals surface area contributed by atoms with E-state index in [1.54, 1.807) is 0 Å². The molecule has 0 N–H and O–H groups in total. The van der Waals surface area contributed by atoms with Crippen molar-refractivity contribution < 1.29 is 4.79 Å². The first-order valence-corrected chi connectivity index (χ1v) is 4.96. The molecule has 0 aliphatic rings. The molecule has 0 spiro atoms. The second-order valence-corrected chi connectivity index (χ2v) is 3.88. The predicted molar refractivity (Wildman–Crippen MR) is 60.0 cm³/mol. The number of hydrogen-bond donors (Lipinski definition) is 0. The summed E-state index contributed by atoms with van der Waals surface area (Å²) in [5.74, 6) is 0. The molecule has 3 heteroatoms. The van der Waals surface area contributed by atoms with Gasteiger partial charge in [-0.2, -0.15) is 0 Å². The maximum absolute atomic E-state index is 9.87. The number of nitrogens with zero attached hydrogens (tertiary/aromatic N) is 1. The Labute approximate surface area is 91.5 Å². The van der Waals surface area contributed by atoms with Crippen LogP contribution in [-0.4, -0.2) is 12.6 Å². The van der Waals surface area contributed by atoms with E-state index in [9.17, 15) is 4.79 Å². The Morgan fingerprint density at radius 2 is 2.07 bits per heavy atom. The first-order chi connectivity index (χ1) is 6.72. The average molecular weight is 252 g/mol. The van der Waals surface area contributed by atoms with E-state index in [1.165, 1.54) is 11.6 Å². The van der Waals surface area contributed by atoms with E-state index in [0.717, 1.165) is 16.5 Å². The van der Waals surface area contributed by atoms with E-state index in [2.05, 4.69) is 27.5 Å². The van der Waals surface area contributed by atoms with E-state index >= 15 is 0 Å². The monoisotopic (exact) mass is 251 g/mol. The second kappa shape index (κ2) is 5.53. The zero-order chi connectivity index (χ0) is 10.4. The van der Waals surface area contributed by atoms with Crippen LogP contribution in [0.2, 0.25) is 0 Å². The number of aliphatic imine (C=N–C) groups is 1. The number of carbonyl (C=O) groups excluding carboxylic acids is 1. The van der Waals surface area contributed by atoms with E-state index in [1.807, 2.05) is 24.3 Å². The van der Waals surface area contributed by atoms with Gasteiger partial charge in [-0.05, 0) is 24.1 Å². The molecule has 0 bridgehead atoms. The van der Waals surface area contributed by atoms with Crippen LogP contribution < -0.4 is 0 Å². The minimum atomic E-state index is 0.361. The van der Waals surface area contributed by atoms with Crippen molar-refractivity contribution in [2.75, 3.05) is 6.54 Å². The van der Waals surface area contributed by atoms with Gasteiger partial charge in [0.15, 0.2) is 0 Å². The van der Waals surface area contributed by atoms with Gasteiger partial charge >= 0.3 is 0 Å². The van der Waals surface area contributed by atoms with Gasteiger partial charge in [0.2, 0.25) is 6.08 Å². The summed E-state index contributed by atoms with van der Waals surface area (Å²) in [6.07, 6.45) is 2.25. The summed E-state index contributed by atoms with van der Waals surface area (Å²) in [6.45, 7) is 4.19. The summed E-state index contributed by atoms with van der Waals surface area (Å²) < 4.78 is 1.05. The topological polar surface area (TPSA) is 29.4 Å². The third-order valence-corrected chi connectivity index (χ3v) is 2.26. The molecule has 72 valence electrons. The van der Waals surface area contributed by atoms with Crippen LogP contribution in [0.4, 0.5) is 0 Å². The molecule has 0 fully saturated rings. The minimum Gasteiger partial charge on any atom is -0.211 e. The lowest BCUT2D eigenvalue weighted by Gasteiger charge is -2.01. The summed E-state index contributed by atoms with van der Waals surface area (Å²) in [5.41, 5.74) is 2.08. The highest BCUT2D eigenvalue weighted by Gasteiger charge is 1.96. The van der Waals surface area contributed by atoms with Gasteiger partial charge in [0, 0.05) is 4.47 Å². The molecule has 1 aromatic rings. The summed E-state index contributed by atoms with van der Waals surface area (Å²) >= 11 is 3.36. The highest BCUT2D eigenvalue weighted by molar-refractivity contribution is 9.10. The maximum Gasteiger partial charge on any atom is 0.235 e. The molecule has 1 aromatic carbocycles. The minimum absolute atomic E-state index is 0.361. The standard InChI is InChI=1S/C11H10BrNO/c1-9(7-13-8-14)6-10-2-4-11(12)5-3-10/h2-5H,1,6-7H2. The van der Waals surface area contributed by atoms with Gasteiger partial charge in [-0.3, -0.25) is 0 Å². The van der Waals surface area contributed by atoms with Crippen molar-refractivity contribution in [2.45, 2.75) is 6.42 Å². The molecule has 0 amide bonds. The third kappa shape index (κ3) is 3.69. The van der Waals surface area contributed by atoms with Gasteiger partial charge in [0.1, 0.15) is 0 Å². The largest absolute Gasteiger partial charge is 0.235 e. The van der Waals surface area contributed by atoms with Crippen molar-refractivity contribution in [3.8, 4) is 0 Å². The molecule has 0 radical (unpaired) electrons. The fraction of sp³-hybridized carbons (Fsp3) is 0.182. The number of rotatable bonds is 4. The van der Waals surface area contributed by atoms with Crippen LogP contribution in [0.15, 0.2) is 45.9 Å². The van der Waals surface area contributed by atoms with Gasteiger partial charge in [0.05, 0.1) is 6.54 Å². The summed E-state index contributed by atoms with van der Waals surface area (Å²) in [6, 6.07) is 7.98. The van der Waals surface area contributed by atoms with Gasteiger partial charge in [-0.15, -0.1) is 0 Å². The van der Waals surface area contributed by atoms with Crippen molar-refractivity contribution >= 4 is 22.0 Å². The molecule has 0 atom stereocenters. The predicted octanol–water partition coefficient (Wildman–Crippen LogP) is 2.88. The molecular formula is C11H10BrNO. The van der Waals surface area contributed by atoms with Crippen molar-refractivity contribution in [2.24, 2.45) is 4.99 Å². The van der Waals surface area contributed by atoms with E-state index in [-0.39, 0.29) is 0 Å². The summed E-state index contributed by atoms with van der Waals surface area (Å²) in [5, 5.41) is 0. The van der Waals surface area contributed by atoms with E-state index < -0.39 is 0 Å². The van der Waals surface area contributed by atoms with Gasteiger partial charge in [-0.25, -0.2) is 9.79 Å². The molecule has 2 nitrogen and oxygen atoms in total. The van der Waals surface area contributed by atoms with Crippen LogP contribution in [-0.2, 0) is 11.2 Å². The summed E-state index contributed by atoms with van der Waals surface area (Å²) in [7, 11) is 0. The lowest BCUT2D eigenvalue weighted by Crippen LogP contribution is -1.92. The van der Waals surface area contributed by atoms with Crippen molar-refractivity contribution in [1.29, 1.82) is 0 Å². The SMILES string of the molecule is C=C(CN=C=O)Cc1ccc(Br)cc1. The number of benzene rings is 1. The Morgan fingerprint density at radius 1 is 1.43 bits per heavy atom. The van der Waals surface area contributed by atoms with Crippen LogP contribution >= 0.6 is 15.9 Å². The fourth-order valence-electron chi connectivity index (χ4n) is 1.09. The van der Waals surface area contributed by atoms with Crippen molar-refractivity contribution in [3.63, 3.8) is 0 Å². The van der Waals surface area contributed by atoms with Crippen LogP contribution in [0.25, 0.3) is 0 Å². The quantitative estimate of drug-likeness (QED) is 0.460. The molecule has 0 heterocycles. The number of isocyanates is 1. The van der Waals surface area contributed by atoms with E-state index in [4.69, 9.17) is 0 Å². The molecule has 0 saturated heterocycles. The molecule has 14 heavy (non-hydrogen) atoms. The Bertz CT molecular complexity index is 363. The number of halogens is 1. The molecule has 0 aliphatic carbocycles. The van der Waals surface area contributed by atoms with Crippen LogP contribution in [0.3, 0.4) is 0 Å². The van der Waals surface area contributed by atoms with Crippen LogP contribution in [0.5, 0.6) is 0 Å². The van der Waals surface area contributed by atoms with Gasteiger partial charge in [-0.1, -0.05) is 40.2 Å². The zero-order valence-electron chi connectivity index (χ0n) is 7.66. The third-order valence-electron chi connectivity index (χ3n) is 1.73. The summed E-state index contributed by atoms with van der Waals surface area (Å²) in [4.78, 5) is 13.3. The molecular weight excluding hydrogens is 242 g/mol. The second-order valence-electron chi connectivity index (χ2n) is 2.96. The van der Waals surface area contributed by atoms with Crippen LogP contribution in [0, 0.1) is 0 Å². The molecule has 1 rings (SSSR count). The smallest absolute Gasteiger partial charge is 0.211 e. The molecule has 0 unspecified atom stereocenters. The van der Waals surface area contributed by atoms with Gasteiger partial charge in [0.25, 0.3) is 0 Å². The zero-order valence-corrected chi connectivity index (χ0v) is 9.25. The molecule has 0 aliphatic heterocycles. The first-order valence-electron chi connectivity index (χ1n) is 4.17. The highest BCUT2D eigenvalue weighted by atomic mass is 79.9. The average Bonchev–Trinajstić information content (AvgIpc) is 2.18. The van der Waals surface area contributed by atoms with E-state index in [0.29, 0.717) is 6.54 Å². The Balaban J connectivity index is 2.56. The fourth-order valence-corrected chi connectivity index (χ4v) is 1.36. The Hall–Kier alpha value is -1.18. The Morgan fingerprint density at radius 3 is 2.64 bits per heavy atom. The lowest BCUT2D eigenvalue weighted by molar-refractivity contribution is 0.563. The number of hydrogen-bond acceptors (Lipinski definition) is 2. The first kappa shape index (κ1) is 10.9. The van der Waals surface area contributed by atoms with Crippen LogP contribution in [0.1, 0.15) is 5.56 Å². The van der Waals surface area contributed by atoms with Crippen molar-refractivity contribution in [3.05, 3.63) is 46.5 Å². The lowest BCUT2D eigenvalue weighted by atomic mass is 10.1. The Kier molecular flexibility index (Phi) is 4.30.